The van der Waals surface area contributed by atoms with E-state index in [9.17, 15) is 0 Å². The third-order valence-electron chi connectivity index (χ3n) is 4.35. The molecule has 154 valence electrons. The first-order valence-electron chi connectivity index (χ1n) is 9.44. The van der Waals surface area contributed by atoms with Crippen LogP contribution in [0, 0.1) is 0 Å². The maximum atomic E-state index is 6.04. The molecule has 0 spiro atoms. The Kier molecular flexibility index (Phi) is 5.85. The zero-order chi connectivity index (χ0) is 20.8. The van der Waals surface area contributed by atoms with Crippen LogP contribution in [-0.4, -0.2) is 36.6 Å². The minimum Gasteiger partial charge on any atom is -0.394 e. The van der Waals surface area contributed by atoms with E-state index in [0.717, 1.165) is 23.5 Å². The van der Waals surface area contributed by atoms with Crippen LogP contribution >= 0.6 is 0 Å². The van der Waals surface area contributed by atoms with Crippen LogP contribution in [0.5, 0.6) is 0 Å². The molecule has 30 heavy (non-hydrogen) atoms. The number of ether oxygens (including phenoxy) is 1. The number of aryl methyl sites for hydroxylation is 2. The fraction of sp³-hybridized carbons (Fsp3) is 0.200. The highest BCUT2D eigenvalue weighted by atomic mass is 16.5. The van der Waals surface area contributed by atoms with Gasteiger partial charge in [0.05, 0.1) is 43.5 Å². The number of hydrogen-bond donors (Lipinski definition) is 3. The summed E-state index contributed by atoms with van der Waals surface area (Å²) in [5.41, 5.74) is 9.24. The predicted molar refractivity (Wildman–Crippen MR) is 115 cm³/mol. The van der Waals surface area contributed by atoms with E-state index < -0.39 is 0 Å². The third kappa shape index (κ3) is 4.92. The number of nitrogens with one attached hydrogen (secondary N) is 2. The van der Waals surface area contributed by atoms with Crippen molar-refractivity contribution in [2.24, 2.45) is 0 Å². The molecule has 0 atom stereocenters. The molecular weight excluding hydrogens is 382 g/mol. The Bertz CT molecular complexity index is 1070. The van der Waals surface area contributed by atoms with E-state index in [1.165, 1.54) is 0 Å². The lowest BCUT2D eigenvalue weighted by Crippen LogP contribution is -2.08. The van der Waals surface area contributed by atoms with Crippen molar-refractivity contribution in [1.29, 1.82) is 0 Å². The quantitative estimate of drug-likeness (QED) is 0.389. The molecule has 0 aliphatic heterocycles. The molecule has 4 rings (SSSR count). The second kappa shape index (κ2) is 9.05. The Morgan fingerprint density at radius 2 is 1.83 bits per heavy atom. The summed E-state index contributed by atoms with van der Waals surface area (Å²) < 4.78 is 8.83. The average molecular weight is 405 g/mol. The van der Waals surface area contributed by atoms with E-state index in [1.807, 2.05) is 52.1 Å². The molecule has 10 nitrogen and oxygen atoms in total. The maximum absolute atomic E-state index is 6.04. The summed E-state index contributed by atoms with van der Waals surface area (Å²) in [4.78, 5) is 8.74. The molecule has 0 unspecified atom stereocenters. The Labute approximate surface area is 173 Å². The summed E-state index contributed by atoms with van der Waals surface area (Å²) in [7, 11) is 1.67. The lowest BCUT2D eigenvalue weighted by Gasteiger charge is -2.10. The zero-order valence-corrected chi connectivity index (χ0v) is 16.6. The maximum Gasteiger partial charge on any atom is 0.229 e. The smallest absolute Gasteiger partial charge is 0.229 e. The first-order chi connectivity index (χ1) is 14.7. The van der Waals surface area contributed by atoms with Gasteiger partial charge in [0.2, 0.25) is 5.95 Å². The molecule has 3 heterocycles. The minimum absolute atomic E-state index is 0.425. The van der Waals surface area contributed by atoms with Crippen LogP contribution in [0.25, 0.3) is 0 Å². The van der Waals surface area contributed by atoms with Crippen molar-refractivity contribution in [3.63, 3.8) is 0 Å². The van der Waals surface area contributed by atoms with Gasteiger partial charge in [0, 0.05) is 31.4 Å². The SMILES string of the molecule is COCc1ccc(Nc2nc(Nc3cnn(CCn4cccn4)c3)ncc2N)cc1. The second-order valence-corrected chi connectivity index (χ2v) is 6.64. The number of rotatable bonds is 9. The Morgan fingerprint density at radius 1 is 1.00 bits per heavy atom. The Hall–Kier alpha value is -3.92. The lowest BCUT2D eigenvalue weighted by molar-refractivity contribution is 0.185. The summed E-state index contributed by atoms with van der Waals surface area (Å²) in [5, 5.41) is 14.9. The molecule has 0 fully saturated rings. The van der Waals surface area contributed by atoms with E-state index >= 15 is 0 Å². The van der Waals surface area contributed by atoms with Gasteiger partial charge in [0.1, 0.15) is 0 Å². The molecule has 0 aliphatic rings. The van der Waals surface area contributed by atoms with Gasteiger partial charge < -0.3 is 21.1 Å². The van der Waals surface area contributed by atoms with E-state index in [0.29, 0.717) is 30.6 Å². The highest BCUT2D eigenvalue weighted by Crippen LogP contribution is 2.23. The summed E-state index contributed by atoms with van der Waals surface area (Å²) in [6.07, 6.45) is 8.87. The highest BCUT2D eigenvalue weighted by Gasteiger charge is 2.07. The lowest BCUT2D eigenvalue weighted by atomic mass is 10.2. The minimum atomic E-state index is 0.425. The largest absolute Gasteiger partial charge is 0.394 e. The van der Waals surface area contributed by atoms with Crippen LogP contribution in [0.2, 0.25) is 0 Å². The van der Waals surface area contributed by atoms with E-state index in [-0.39, 0.29) is 0 Å². The first kappa shape index (κ1) is 19.4. The molecule has 4 aromatic rings. The van der Waals surface area contributed by atoms with Gasteiger partial charge in [0.25, 0.3) is 0 Å². The molecule has 0 saturated heterocycles. The van der Waals surface area contributed by atoms with Crippen molar-refractivity contribution in [2.45, 2.75) is 19.7 Å². The predicted octanol–water partition coefficient (Wildman–Crippen LogP) is 2.79. The number of anilines is 5. The number of methoxy groups -OCH3 is 1. The average Bonchev–Trinajstić information content (AvgIpc) is 3.42. The van der Waals surface area contributed by atoms with Crippen molar-refractivity contribution in [3.8, 4) is 0 Å². The van der Waals surface area contributed by atoms with Crippen molar-refractivity contribution in [1.82, 2.24) is 29.5 Å². The van der Waals surface area contributed by atoms with Crippen molar-refractivity contribution >= 4 is 28.8 Å². The van der Waals surface area contributed by atoms with E-state index in [4.69, 9.17) is 10.5 Å². The standard InChI is InChI=1S/C20H23N9O/c1-30-14-15-3-5-16(6-4-15)25-19-18(21)12-22-20(27-19)26-17-11-24-29(13-17)10-9-28-8-2-7-23-28/h2-8,11-13H,9-10,14,21H2,1H3,(H2,22,25,26,27). The van der Waals surface area contributed by atoms with Crippen LogP contribution in [0.15, 0.2) is 61.3 Å². The number of hydrogen-bond acceptors (Lipinski definition) is 8. The molecule has 0 saturated carbocycles. The summed E-state index contributed by atoms with van der Waals surface area (Å²) in [6, 6.07) is 9.77. The van der Waals surface area contributed by atoms with Crippen molar-refractivity contribution in [2.75, 3.05) is 23.5 Å². The molecule has 0 radical (unpaired) electrons. The number of nitrogen functional groups attached to an aromatic ring is 1. The third-order valence-corrected chi connectivity index (χ3v) is 4.35. The van der Waals surface area contributed by atoms with Crippen LogP contribution in [0.4, 0.5) is 28.8 Å². The van der Waals surface area contributed by atoms with Gasteiger partial charge in [0.15, 0.2) is 5.82 Å². The Morgan fingerprint density at radius 3 is 2.60 bits per heavy atom. The fourth-order valence-electron chi connectivity index (χ4n) is 2.86. The summed E-state index contributed by atoms with van der Waals surface area (Å²) in [6.45, 7) is 2.02. The first-order valence-corrected chi connectivity index (χ1v) is 9.44. The fourth-order valence-corrected chi connectivity index (χ4v) is 2.86. The Balaban J connectivity index is 1.40. The molecule has 0 amide bonds. The van der Waals surface area contributed by atoms with Gasteiger partial charge >= 0.3 is 0 Å². The molecule has 0 bridgehead atoms. The van der Waals surface area contributed by atoms with Crippen molar-refractivity contribution in [3.05, 3.63) is 66.9 Å². The molecular formula is C20H23N9O. The van der Waals surface area contributed by atoms with Crippen LogP contribution in [0.1, 0.15) is 5.56 Å². The molecule has 4 N–H and O–H groups in total. The van der Waals surface area contributed by atoms with Crippen molar-refractivity contribution < 1.29 is 4.74 Å². The number of aromatic nitrogens is 6. The zero-order valence-electron chi connectivity index (χ0n) is 16.6. The number of nitrogens with two attached hydrogens (primary N) is 1. The normalized spacial score (nSPS) is 10.8. The van der Waals surface area contributed by atoms with Gasteiger partial charge in [-0.3, -0.25) is 9.36 Å². The number of benzene rings is 1. The molecule has 0 aliphatic carbocycles. The summed E-state index contributed by atoms with van der Waals surface area (Å²) in [5.74, 6) is 0.951. The molecule has 3 aromatic heterocycles. The highest BCUT2D eigenvalue weighted by molar-refractivity contribution is 5.69. The van der Waals surface area contributed by atoms with Crippen LogP contribution in [-0.2, 0) is 24.4 Å². The molecule has 10 heteroatoms. The summed E-state index contributed by atoms with van der Waals surface area (Å²) >= 11 is 0. The van der Waals surface area contributed by atoms with Crippen LogP contribution in [0.3, 0.4) is 0 Å². The van der Waals surface area contributed by atoms with Gasteiger partial charge in [-0.2, -0.15) is 15.2 Å². The van der Waals surface area contributed by atoms with Gasteiger partial charge in [-0.25, -0.2) is 4.98 Å². The van der Waals surface area contributed by atoms with Gasteiger partial charge in [-0.1, -0.05) is 12.1 Å². The van der Waals surface area contributed by atoms with Crippen LogP contribution < -0.4 is 16.4 Å². The molecule has 1 aromatic carbocycles. The van der Waals surface area contributed by atoms with Gasteiger partial charge in [-0.05, 0) is 23.8 Å². The topological polar surface area (TPSA) is 121 Å². The monoisotopic (exact) mass is 405 g/mol. The van der Waals surface area contributed by atoms with E-state index in [2.05, 4.69) is 30.8 Å². The van der Waals surface area contributed by atoms with E-state index in [1.54, 1.807) is 25.7 Å². The van der Waals surface area contributed by atoms with Gasteiger partial charge in [-0.15, -0.1) is 0 Å². The number of nitrogens with zero attached hydrogens (tertiary/aromatic N) is 6. The second-order valence-electron chi connectivity index (χ2n) is 6.64.